The Labute approximate surface area is 482 Å². The average Bonchev–Trinajstić information content (AvgIpc) is 4.00. The molecule has 18 rings (SSSR count). The van der Waals surface area contributed by atoms with E-state index in [-0.39, 0.29) is 6.85 Å². The van der Waals surface area contributed by atoms with Crippen molar-refractivity contribution in [3.8, 4) is 33.4 Å². The van der Waals surface area contributed by atoms with Crippen molar-refractivity contribution in [2.75, 3.05) is 9.80 Å². The highest BCUT2D eigenvalue weighted by Gasteiger charge is 2.44. The average molecular weight is 1050 g/mol. The van der Waals surface area contributed by atoms with Crippen LogP contribution in [0.3, 0.4) is 0 Å². The smallest absolute Gasteiger partial charge is 0.333 e. The molecule has 14 aromatic carbocycles. The maximum Gasteiger partial charge on any atom is 0.333 e. The first-order valence-electron chi connectivity index (χ1n) is 29.2. The molecule has 4 heteroatoms. The van der Waals surface area contributed by atoms with Gasteiger partial charge in [-0.05, 0) is 201 Å². The highest BCUT2D eigenvalue weighted by atomic mass is 15.2. The van der Waals surface area contributed by atoms with Gasteiger partial charge >= 0.3 is 6.85 Å². The molecule has 1 atom stereocenters. The monoisotopic (exact) mass is 1050 g/mol. The number of benzene rings is 14. The summed E-state index contributed by atoms with van der Waals surface area (Å²) in [5, 5.41) is 15.4. The van der Waals surface area contributed by atoms with E-state index in [0.29, 0.717) is 5.92 Å². The molecule has 0 saturated carbocycles. The summed E-state index contributed by atoms with van der Waals surface area (Å²) in [5.41, 5.74) is 21.8. The largest absolute Gasteiger partial charge is 0.375 e. The maximum atomic E-state index is 2.76. The lowest BCUT2D eigenvalue weighted by atomic mass is 9.45. The fourth-order valence-electron chi connectivity index (χ4n) is 15.0. The van der Waals surface area contributed by atoms with E-state index < -0.39 is 0 Å². The number of allylic oxidation sites excluding steroid dienone is 1. The van der Waals surface area contributed by atoms with Gasteiger partial charge in [-0.15, -0.1) is 0 Å². The van der Waals surface area contributed by atoms with Gasteiger partial charge in [-0.3, -0.25) is 0 Å². The lowest BCUT2D eigenvalue weighted by Crippen LogP contribution is -2.56. The van der Waals surface area contributed by atoms with Crippen LogP contribution >= 0.6 is 0 Å². The van der Waals surface area contributed by atoms with Crippen LogP contribution in [0, 0.1) is 0 Å². The molecule has 0 saturated heterocycles. The van der Waals surface area contributed by atoms with Crippen molar-refractivity contribution >= 4 is 134 Å². The first-order valence-corrected chi connectivity index (χ1v) is 29.2. The molecule has 83 heavy (non-hydrogen) atoms. The Balaban J connectivity index is 1.04. The standard InChI is InChI=1S/C79H52BN3/c1-49-21-20-36-66-68-44-57-46-73-71(45-56(57)43-67(68)64-34-18-19-35-65(64)75(49)66)80-78-69(70-42-53-27-15-17-33-63(53)77-76-62-32-16-14-26-52(62)37-38-72(76)83(80)79(70)77)47-61(81(58-28-10-4-11-29-58)59-30-12-5-13-31-59)48-74(78)82(73)60-40-54(50-22-6-2-7-23-50)39-55(41-60)51-24-8-3-9-25-51/h2-20,22-49H,21H2,1H3. The number of aromatic nitrogens is 1. The van der Waals surface area contributed by atoms with E-state index in [9.17, 15) is 0 Å². The molecule has 0 bridgehead atoms. The Hall–Kier alpha value is -10.4. The molecule has 0 fully saturated rings. The summed E-state index contributed by atoms with van der Waals surface area (Å²) in [5.74, 6) is 0.414. The van der Waals surface area contributed by atoms with E-state index >= 15 is 0 Å². The molecule has 0 spiro atoms. The van der Waals surface area contributed by atoms with Crippen LogP contribution in [0.5, 0.6) is 0 Å². The fourth-order valence-corrected chi connectivity index (χ4v) is 15.0. The summed E-state index contributed by atoms with van der Waals surface area (Å²) in [6, 6.07) is 101. The predicted molar refractivity (Wildman–Crippen MR) is 355 cm³/mol. The maximum absolute atomic E-state index is 2.76. The van der Waals surface area contributed by atoms with E-state index in [4.69, 9.17) is 0 Å². The highest BCUT2D eigenvalue weighted by molar-refractivity contribution is 6.90. The summed E-state index contributed by atoms with van der Waals surface area (Å²) in [6.07, 6.45) is 5.83. The number of hydrogen-bond acceptors (Lipinski definition) is 2. The van der Waals surface area contributed by atoms with E-state index in [1.54, 1.807) is 0 Å². The van der Waals surface area contributed by atoms with Crippen molar-refractivity contribution in [3.05, 3.63) is 284 Å². The second-order valence-electron chi connectivity index (χ2n) is 23.2. The van der Waals surface area contributed by atoms with Crippen LogP contribution < -0.4 is 20.7 Å². The van der Waals surface area contributed by atoms with Gasteiger partial charge in [0.25, 0.3) is 0 Å². The molecule has 386 valence electrons. The lowest BCUT2D eigenvalue weighted by molar-refractivity contribution is 0.781. The number of hydrogen-bond donors (Lipinski definition) is 0. The highest BCUT2D eigenvalue weighted by Crippen LogP contribution is 2.53. The molecule has 1 unspecified atom stereocenters. The van der Waals surface area contributed by atoms with Crippen molar-refractivity contribution in [2.45, 2.75) is 19.3 Å². The van der Waals surface area contributed by atoms with Crippen molar-refractivity contribution in [2.24, 2.45) is 0 Å². The Morgan fingerprint density at radius 3 is 1.70 bits per heavy atom. The molecular formula is C79H52BN3. The second kappa shape index (κ2) is 17.8. The molecule has 3 heterocycles. The van der Waals surface area contributed by atoms with Gasteiger partial charge in [0.1, 0.15) is 0 Å². The van der Waals surface area contributed by atoms with Crippen LogP contribution in [0.15, 0.2) is 273 Å². The van der Waals surface area contributed by atoms with E-state index in [1.807, 2.05) is 0 Å². The van der Waals surface area contributed by atoms with Crippen molar-refractivity contribution in [1.82, 2.24) is 4.48 Å². The number of nitrogens with zero attached hydrogens (tertiary/aromatic N) is 3. The number of para-hydroxylation sites is 2. The molecule has 2 aliphatic heterocycles. The third-order valence-corrected chi connectivity index (χ3v) is 18.6. The van der Waals surface area contributed by atoms with Gasteiger partial charge in [0, 0.05) is 61.5 Å². The molecule has 0 N–H and O–H groups in total. The first-order chi connectivity index (χ1) is 41.1. The van der Waals surface area contributed by atoms with Crippen LogP contribution in [0.2, 0.25) is 0 Å². The summed E-state index contributed by atoms with van der Waals surface area (Å²) in [7, 11) is 0. The minimum absolute atomic E-state index is 0.202. The molecule has 1 aliphatic carbocycles. The molecule has 3 aliphatic rings. The van der Waals surface area contributed by atoms with Crippen molar-refractivity contribution in [3.63, 3.8) is 0 Å². The van der Waals surface area contributed by atoms with E-state index in [0.717, 1.165) is 34.9 Å². The normalized spacial score (nSPS) is 14.1. The predicted octanol–water partition coefficient (Wildman–Crippen LogP) is 20.3. The third-order valence-electron chi connectivity index (χ3n) is 18.6. The van der Waals surface area contributed by atoms with Crippen LogP contribution in [-0.2, 0) is 0 Å². The Bertz CT molecular complexity index is 5160. The molecular weight excluding hydrogens is 1000 g/mol. The zero-order chi connectivity index (χ0) is 54.4. The third kappa shape index (κ3) is 6.81. The van der Waals surface area contributed by atoms with Gasteiger partial charge in [0.15, 0.2) is 0 Å². The molecule has 0 radical (unpaired) electrons. The lowest BCUT2D eigenvalue weighted by Gasteiger charge is -2.42. The fraction of sp³-hybridized carbons (Fsp3) is 0.0380. The zero-order valence-corrected chi connectivity index (χ0v) is 45.8. The van der Waals surface area contributed by atoms with Crippen molar-refractivity contribution < 1.29 is 0 Å². The molecule has 15 aromatic rings. The number of fused-ring (bicyclic) bond motifs is 18. The van der Waals surface area contributed by atoms with Gasteiger partial charge in [-0.2, -0.15) is 0 Å². The summed E-state index contributed by atoms with van der Waals surface area (Å²) in [6.45, 7) is 2.20. The number of rotatable bonds is 6. The van der Waals surface area contributed by atoms with E-state index in [2.05, 4.69) is 300 Å². The Morgan fingerprint density at radius 1 is 0.410 bits per heavy atom. The minimum atomic E-state index is -0.202. The SMILES string of the molecule is CC1CC=Cc2c1c1ccccc1c1cc3cc4c(cc3cc21)N(c1cc(-c2ccccc2)cc(-c2ccccc2)c1)c1cc(N(c2ccccc2)c2ccccc2)cc2c1B4n1c3ccc4ccccc4c3c3c4ccccc4cc-2c31. The van der Waals surface area contributed by atoms with Gasteiger partial charge in [0.05, 0.1) is 0 Å². The van der Waals surface area contributed by atoms with Crippen LogP contribution in [0.4, 0.5) is 34.1 Å². The summed E-state index contributed by atoms with van der Waals surface area (Å²) in [4.78, 5) is 5.10. The van der Waals surface area contributed by atoms with Crippen LogP contribution in [-0.4, -0.2) is 11.3 Å². The van der Waals surface area contributed by atoms with Crippen molar-refractivity contribution in [1.29, 1.82) is 0 Å². The summed E-state index contributed by atoms with van der Waals surface area (Å²) >= 11 is 0. The quantitative estimate of drug-likeness (QED) is 0.0934. The van der Waals surface area contributed by atoms with Gasteiger partial charge in [0.2, 0.25) is 0 Å². The number of anilines is 6. The Morgan fingerprint density at radius 2 is 1.00 bits per heavy atom. The first kappa shape index (κ1) is 46.3. The Kier molecular flexibility index (Phi) is 9.93. The summed E-state index contributed by atoms with van der Waals surface area (Å²) < 4.78 is 2.76. The molecule has 1 aromatic heterocycles. The van der Waals surface area contributed by atoms with Gasteiger partial charge in [-0.25, -0.2) is 0 Å². The second-order valence-corrected chi connectivity index (χ2v) is 23.2. The molecule has 3 nitrogen and oxygen atoms in total. The topological polar surface area (TPSA) is 11.4 Å². The van der Waals surface area contributed by atoms with Gasteiger partial charge in [-0.1, -0.05) is 201 Å². The van der Waals surface area contributed by atoms with Crippen LogP contribution in [0.25, 0.3) is 115 Å². The van der Waals surface area contributed by atoms with E-state index in [1.165, 1.54) is 137 Å². The van der Waals surface area contributed by atoms with Crippen LogP contribution in [0.1, 0.15) is 30.4 Å². The minimum Gasteiger partial charge on any atom is -0.375 e. The zero-order valence-electron chi connectivity index (χ0n) is 45.8. The molecule has 0 amide bonds. The van der Waals surface area contributed by atoms with Gasteiger partial charge < -0.3 is 14.3 Å².